The maximum Gasteiger partial charge on any atom is 0.343 e. The van der Waals surface area contributed by atoms with E-state index in [1.807, 2.05) is 26.0 Å². The first-order valence-electron chi connectivity index (χ1n) is 9.56. The minimum absolute atomic E-state index is 0.107. The van der Waals surface area contributed by atoms with E-state index >= 15 is 0 Å². The first-order valence-corrected chi connectivity index (χ1v) is 10.4. The number of piperidine rings is 1. The Hall–Kier alpha value is -2.22. The summed E-state index contributed by atoms with van der Waals surface area (Å²) in [4.78, 5) is 26.7. The first kappa shape index (κ1) is 19.5. The fourth-order valence-electron chi connectivity index (χ4n) is 3.18. The lowest BCUT2D eigenvalue weighted by Gasteiger charge is -2.28. The Balaban J connectivity index is 1.58. The molecule has 1 aromatic heterocycles. The van der Waals surface area contributed by atoms with Crippen molar-refractivity contribution in [2.45, 2.75) is 56.5 Å². The Morgan fingerprint density at radius 1 is 1.26 bits per heavy atom. The second-order valence-corrected chi connectivity index (χ2v) is 8.11. The molecule has 1 atom stereocenters. The van der Waals surface area contributed by atoms with E-state index in [9.17, 15) is 9.59 Å². The average Bonchev–Trinajstić information content (AvgIpc) is 3.03. The molecule has 1 aliphatic rings. The van der Waals surface area contributed by atoms with Crippen molar-refractivity contribution in [1.82, 2.24) is 14.8 Å². The topological polar surface area (TPSA) is 83.0 Å². The number of carbonyl (C=O) groups is 1. The molecular weight excluding hydrogens is 362 g/mol. The molecule has 146 valence electrons. The SMILES string of the molecule is CCCn1c(S[C@H](C)C(=O)Nc2ccc(N3CCCCC3)cc2)n[nH]c1=O. The quantitative estimate of drug-likeness (QED) is 0.711. The summed E-state index contributed by atoms with van der Waals surface area (Å²) in [7, 11) is 0. The second-order valence-electron chi connectivity index (χ2n) is 6.81. The highest BCUT2D eigenvalue weighted by Crippen LogP contribution is 2.24. The molecule has 1 amide bonds. The minimum Gasteiger partial charge on any atom is -0.372 e. The average molecular weight is 390 g/mol. The van der Waals surface area contributed by atoms with Gasteiger partial charge in [-0.2, -0.15) is 0 Å². The zero-order valence-electron chi connectivity index (χ0n) is 15.9. The number of aromatic nitrogens is 3. The molecule has 1 aromatic carbocycles. The molecule has 0 unspecified atom stereocenters. The number of rotatable bonds is 7. The van der Waals surface area contributed by atoms with Gasteiger partial charge in [0.2, 0.25) is 5.91 Å². The van der Waals surface area contributed by atoms with Crippen LogP contribution in [0.1, 0.15) is 39.5 Å². The van der Waals surface area contributed by atoms with E-state index in [0.29, 0.717) is 11.7 Å². The summed E-state index contributed by atoms with van der Waals surface area (Å²) in [6, 6.07) is 8.01. The summed E-state index contributed by atoms with van der Waals surface area (Å²) in [5.74, 6) is -0.107. The van der Waals surface area contributed by atoms with Gasteiger partial charge in [-0.1, -0.05) is 18.7 Å². The van der Waals surface area contributed by atoms with E-state index in [4.69, 9.17) is 0 Å². The summed E-state index contributed by atoms with van der Waals surface area (Å²) in [5.41, 5.74) is 1.75. The van der Waals surface area contributed by atoms with E-state index < -0.39 is 0 Å². The van der Waals surface area contributed by atoms with Crippen LogP contribution in [-0.2, 0) is 11.3 Å². The lowest BCUT2D eigenvalue weighted by atomic mass is 10.1. The van der Waals surface area contributed by atoms with Crippen LogP contribution in [0.4, 0.5) is 11.4 Å². The Kier molecular flexibility index (Phi) is 6.60. The van der Waals surface area contributed by atoms with Crippen LogP contribution in [0.2, 0.25) is 0 Å². The number of H-pyrrole nitrogens is 1. The lowest BCUT2D eigenvalue weighted by Crippen LogP contribution is -2.29. The van der Waals surface area contributed by atoms with Gasteiger partial charge in [0.1, 0.15) is 0 Å². The smallest absolute Gasteiger partial charge is 0.343 e. The van der Waals surface area contributed by atoms with Crippen molar-refractivity contribution in [2.75, 3.05) is 23.3 Å². The highest BCUT2D eigenvalue weighted by molar-refractivity contribution is 8.00. The molecule has 0 bridgehead atoms. The lowest BCUT2D eigenvalue weighted by molar-refractivity contribution is -0.115. The number of carbonyl (C=O) groups excluding carboxylic acids is 1. The Morgan fingerprint density at radius 3 is 2.63 bits per heavy atom. The molecular formula is C19H27N5O2S. The van der Waals surface area contributed by atoms with Gasteiger partial charge in [0.25, 0.3) is 0 Å². The molecule has 3 rings (SSSR count). The van der Waals surface area contributed by atoms with Crippen molar-refractivity contribution < 1.29 is 4.79 Å². The van der Waals surface area contributed by atoms with Gasteiger partial charge in [0.15, 0.2) is 5.16 Å². The number of benzene rings is 1. The number of hydrogen-bond acceptors (Lipinski definition) is 5. The van der Waals surface area contributed by atoms with Crippen molar-refractivity contribution in [3.63, 3.8) is 0 Å². The Labute approximate surface area is 163 Å². The van der Waals surface area contributed by atoms with E-state index in [-0.39, 0.29) is 16.8 Å². The van der Waals surface area contributed by atoms with Crippen molar-refractivity contribution in [2.24, 2.45) is 0 Å². The van der Waals surface area contributed by atoms with Crippen molar-refractivity contribution >= 4 is 29.0 Å². The number of anilines is 2. The predicted octanol–water partition coefficient (Wildman–Crippen LogP) is 3.09. The third-order valence-electron chi connectivity index (χ3n) is 4.68. The van der Waals surface area contributed by atoms with Gasteiger partial charge in [-0.3, -0.25) is 9.36 Å². The molecule has 1 saturated heterocycles. The summed E-state index contributed by atoms with van der Waals surface area (Å²) in [6.07, 6.45) is 4.62. The van der Waals surface area contributed by atoms with Crippen LogP contribution in [0.15, 0.2) is 34.2 Å². The van der Waals surface area contributed by atoms with E-state index in [1.165, 1.54) is 36.7 Å². The molecule has 0 radical (unpaired) electrons. The monoisotopic (exact) mass is 389 g/mol. The maximum absolute atomic E-state index is 12.5. The van der Waals surface area contributed by atoms with Gasteiger partial charge in [0, 0.05) is 31.0 Å². The zero-order chi connectivity index (χ0) is 19.2. The summed E-state index contributed by atoms with van der Waals surface area (Å²) in [6.45, 7) is 6.60. The van der Waals surface area contributed by atoms with Crippen LogP contribution in [0.3, 0.4) is 0 Å². The normalized spacial score (nSPS) is 15.6. The van der Waals surface area contributed by atoms with Crippen LogP contribution < -0.4 is 15.9 Å². The van der Waals surface area contributed by atoms with E-state index in [2.05, 4.69) is 32.5 Å². The van der Waals surface area contributed by atoms with Gasteiger partial charge >= 0.3 is 5.69 Å². The van der Waals surface area contributed by atoms with E-state index in [0.717, 1.165) is 25.2 Å². The van der Waals surface area contributed by atoms with Gasteiger partial charge < -0.3 is 10.2 Å². The number of nitrogens with zero attached hydrogens (tertiary/aromatic N) is 3. The third kappa shape index (κ3) is 4.94. The number of hydrogen-bond donors (Lipinski definition) is 2. The fourth-order valence-corrected chi connectivity index (χ4v) is 4.06. The highest BCUT2D eigenvalue weighted by Gasteiger charge is 2.19. The van der Waals surface area contributed by atoms with Crippen LogP contribution in [-0.4, -0.2) is 39.0 Å². The van der Waals surface area contributed by atoms with Gasteiger partial charge in [0.05, 0.1) is 5.25 Å². The van der Waals surface area contributed by atoms with Crippen molar-refractivity contribution in [3.05, 3.63) is 34.7 Å². The maximum atomic E-state index is 12.5. The number of aromatic amines is 1. The molecule has 7 nitrogen and oxygen atoms in total. The zero-order valence-corrected chi connectivity index (χ0v) is 16.7. The molecule has 1 aliphatic heterocycles. The molecule has 2 heterocycles. The molecule has 0 saturated carbocycles. The number of amides is 1. The number of thioether (sulfide) groups is 1. The standard InChI is InChI=1S/C19H27N5O2S/c1-3-11-24-18(26)21-22-19(24)27-14(2)17(25)20-15-7-9-16(10-8-15)23-12-5-4-6-13-23/h7-10,14H,3-6,11-13H2,1-2H3,(H,20,25)(H,21,26)/t14-/m1/s1. The molecule has 2 aromatic rings. The van der Waals surface area contributed by atoms with Crippen LogP contribution in [0, 0.1) is 0 Å². The molecule has 0 spiro atoms. The van der Waals surface area contributed by atoms with Gasteiger partial charge in [-0.25, -0.2) is 9.89 Å². The van der Waals surface area contributed by atoms with Crippen LogP contribution in [0.25, 0.3) is 0 Å². The first-order chi connectivity index (χ1) is 13.1. The highest BCUT2D eigenvalue weighted by atomic mass is 32.2. The molecule has 0 aliphatic carbocycles. The largest absolute Gasteiger partial charge is 0.372 e. The number of nitrogens with one attached hydrogen (secondary N) is 2. The van der Waals surface area contributed by atoms with Crippen LogP contribution in [0.5, 0.6) is 0 Å². The predicted molar refractivity (Wildman–Crippen MR) is 110 cm³/mol. The molecule has 1 fully saturated rings. The van der Waals surface area contributed by atoms with Crippen LogP contribution >= 0.6 is 11.8 Å². The summed E-state index contributed by atoms with van der Waals surface area (Å²) in [5, 5.41) is 9.61. The second kappa shape index (κ2) is 9.12. The minimum atomic E-state index is -0.363. The van der Waals surface area contributed by atoms with Crippen molar-refractivity contribution in [1.29, 1.82) is 0 Å². The summed E-state index contributed by atoms with van der Waals surface area (Å²) < 4.78 is 1.57. The van der Waals surface area contributed by atoms with Gasteiger partial charge in [-0.05, 0) is 56.9 Å². The van der Waals surface area contributed by atoms with Gasteiger partial charge in [-0.15, -0.1) is 5.10 Å². The fraction of sp³-hybridized carbons (Fsp3) is 0.526. The summed E-state index contributed by atoms with van der Waals surface area (Å²) >= 11 is 1.28. The van der Waals surface area contributed by atoms with Crippen molar-refractivity contribution in [3.8, 4) is 0 Å². The third-order valence-corrected chi connectivity index (χ3v) is 5.77. The Bertz CT molecular complexity index is 808. The molecule has 27 heavy (non-hydrogen) atoms. The van der Waals surface area contributed by atoms with E-state index in [1.54, 1.807) is 4.57 Å². The molecule has 8 heteroatoms. The Morgan fingerprint density at radius 2 is 1.96 bits per heavy atom. The molecule has 2 N–H and O–H groups in total.